The van der Waals surface area contributed by atoms with E-state index >= 15 is 0 Å². The highest BCUT2D eigenvalue weighted by Gasteiger charge is 2.14. The summed E-state index contributed by atoms with van der Waals surface area (Å²) in [5, 5.41) is 10.3. The highest BCUT2D eigenvalue weighted by atomic mass is 16.5. The third-order valence-corrected chi connectivity index (χ3v) is 2.67. The van der Waals surface area contributed by atoms with Gasteiger partial charge in [0.25, 0.3) is 0 Å². The molecule has 4 heteroatoms. The summed E-state index contributed by atoms with van der Waals surface area (Å²) in [5.74, 6) is 0.733. The molecule has 0 aliphatic carbocycles. The normalized spacial score (nSPS) is 12.1. The number of aliphatic hydroxyl groups is 1. The first kappa shape index (κ1) is 12.4. The van der Waals surface area contributed by atoms with Gasteiger partial charge in [0.1, 0.15) is 11.9 Å². The predicted octanol–water partition coefficient (Wildman–Crippen LogP) is 2.14. The number of hydrogen-bond acceptors (Lipinski definition) is 4. The lowest BCUT2D eigenvalue weighted by molar-refractivity contribution is 0.220. The minimum atomic E-state index is -0.792. The number of benzene rings is 1. The van der Waals surface area contributed by atoms with Crippen LogP contribution in [0.15, 0.2) is 42.7 Å². The lowest BCUT2D eigenvalue weighted by Gasteiger charge is -2.14. The Kier molecular flexibility index (Phi) is 3.79. The molecule has 0 bridgehead atoms. The second kappa shape index (κ2) is 5.51. The Hall–Kier alpha value is -2.07. The summed E-state index contributed by atoms with van der Waals surface area (Å²) < 4.78 is 5.40. The zero-order valence-electron chi connectivity index (χ0n) is 10.2. The van der Waals surface area contributed by atoms with Crippen molar-refractivity contribution in [2.24, 2.45) is 0 Å². The van der Waals surface area contributed by atoms with Gasteiger partial charge < -0.3 is 15.6 Å². The standard InChI is InChI=1S/C14H16N2O2/c1-2-18-11-5-3-4-10(8-11)14(17)12-9-16-7-6-13(12)15/h3-9,14,17H,2H2,1H3,(H2,15,16). The molecule has 1 heterocycles. The van der Waals surface area contributed by atoms with E-state index in [0.717, 1.165) is 11.3 Å². The molecule has 0 spiro atoms. The maximum absolute atomic E-state index is 10.3. The zero-order valence-corrected chi connectivity index (χ0v) is 10.2. The van der Waals surface area contributed by atoms with E-state index < -0.39 is 6.10 Å². The van der Waals surface area contributed by atoms with E-state index in [9.17, 15) is 5.11 Å². The van der Waals surface area contributed by atoms with Crippen molar-refractivity contribution in [3.05, 3.63) is 53.9 Å². The quantitative estimate of drug-likeness (QED) is 0.864. The third kappa shape index (κ3) is 2.60. The highest BCUT2D eigenvalue weighted by Crippen LogP contribution is 2.27. The van der Waals surface area contributed by atoms with Gasteiger partial charge in [-0.25, -0.2) is 0 Å². The van der Waals surface area contributed by atoms with Crippen LogP contribution >= 0.6 is 0 Å². The maximum atomic E-state index is 10.3. The Balaban J connectivity index is 2.31. The molecule has 0 aliphatic heterocycles. The Morgan fingerprint density at radius 3 is 2.94 bits per heavy atom. The van der Waals surface area contributed by atoms with Gasteiger partial charge in [-0.05, 0) is 30.7 Å². The third-order valence-electron chi connectivity index (χ3n) is 2.67. The lowest BCUT2D eigenvalue weighted by atomic mass is 10.0. The minimum Gasteiger partial charge on any atom is -0.494 e. The molecule has 0 fully saturated rings. The first-order chi connectivity index (χ1) is 8.72. The van der Waals surface area contributed by atoms with E-state index in [4.69, 9.17) is 10.5 Å². The number of nitrogens with two attached hydrogens (primary N) is 1. The van der Waals surface area contributed by atoms with Gasteiger partial charge in [-0.1, -0.05) is 12.1 Å². The number of aliphatic hydroxyl groups excluding tert-OH is 1. The van der Waals surface area contributed by atoms with Gasteiger partial charge >= 0.3 is 0 Å². The van der Waals surface area contributed by atoms with Crippen LogP contribution in [0.4, 0.5) is 5.69 Å². The molecular weight excluding hydrogens is 228 g/mol. The Morgan fingerprint density at radius 1 is 1.39 bits per heavy atom. The molecule has 2 aromatic rings. The summed E-state index contributed by atoms with van der Waals surface area (Å²) in [6, 6.07) is 9.01. The summed E-state index contributed by atoms with van der Waals surface area (Å²) in [4.78, 5) is 3.98. The van der Waals surface area contributed by atoms with Gasteiger partial charge in [0.05, 0.1) is 6.61 Å². The summed E-state index contributed by atoms with van der Waals surface area (Å²) >= 11 is 0. The van der Waals surface area contributed by atoms with Crippen LogP contribution in [0.2, 0.25) is 0 Å². The fourth-order valence-electron chi connectivity index (χ4n) is 1.77. The molecule has 1 aromatic carbocycles. The van der Waals surface area contributed by atoms with Crippen LogP contribution in [0.1, 0.15) is 24.2 Å². The predicted molar refractivity (Wildman–Crippen MR) is 70.3 cm³/mol. The van der Waals surface area contributed by atoms with E-state index in [-0.39, 0.29) is 0 Å². The molecule has 4 nitrogen and oxygen atoms in total. The number of nitrogen functional groups attached to an aromatic ring is 1. The van der Waals surface area contributed by atoms with Gasteiger partial charge in [0.15, 0.2) is 0 Å². The molecule has 1 unspecified atom stereocenters. The van der Waals surface area contributed by atoms with Crippen LogP contribution in [0.25, 0.3) is 0 Å². The van der Waals surface area contributed by atoms with Crippen LogP contribution in [0.3, 0.4) is 0 Å². The second-order valence-electron chi connectivity index (χ2n) is 3.91. The fourth-order valence-corrected chi connectivity index (χ4v) is 1.77. The second-order valence-corrected chi connectivity index (χ2v) is 3.91. The largest absolute Gasteiger partial charge is 0.494 e. The van der Waals surface area contributed by atoms with Crippen molar-refractivity contribution >= 4 is 5.69 Å². The minimum absolute atomic E-state index is 0.527. The average Bonchev–Trinajstić information content (AvgIpc) is 2.39. The first-order valence-electron chi connectivity index (χ1n) is 5.82. The van der Waals surface area contributed by atoms with Crippen LogP contribution in [-0.2, 0) is 0 Å². The molecule has 0 amide bonds. The smallest absolute Gasteiger partial charge is 0.119 e. The van der Waals surface area contributed by atoms with Gasteiger partial charge in [-0.3, -0.25) is 4.98 Å². The van der Waals surface area contributed by atoms with E-state index in [1.807, 2.05) is 25.1 Å². The zero-order chi connectivity index (χ0) is 13.0. The van der Waals surface area contributed by atoms with Gasteiger partial charge in [0, 0.05) is 23.6 Å². The van der Waals surface area contributed by atoms with Crippen molar-refractivity contribution in [2.75, 3.05) is 12.3 Å². The number of ether oxygens (including phenoxy) is 1. The van der Waals surface area contributed by atoms with Crippen molar-refractivity contribution in [1.29, 1.82) is 0 Å². The molecule has 0 radical (unpaired) electrons. The maximum Gasteiger partial charge on any atom is 0.119 e. The molecular formula is C14H16N2O2. The SMILES string of the molecule is CCOc1cccc(C(O)c2cnccc2N)c1. The monoisotopic (exact) mass is 244 g/mol. The van der Waals surface area contributed by atoms with Gasteiger partial charge in [-0.2, -0.15) is 0 Å². The molecule has 1 atom stereocenters. The topological polar surface area (TPSA) is 68.4 Å². The number of anilines is 1. The molecule has 94 valence electrons. The van der Waals surface area contributed by atoms with Crippen molar-refractivity contribution in [3.63, 3.8) is 0 Å². The summed E-state index contributed by atoms with van der Waals surface area (Å²) in [7, 11) is 0. The number of aromatic nitrogens is 1. The molecule has 0 saturated carbocycles. The Morgan fingerprint density at radius 2 is 2.22 bits per heavy atom. The molecule has 3 N–H and O–H groups in total. The van der Waals surface area contributed by atoms with Crippen molar-refractivity contribution in [3.8, 4) is 5.75 Å². The van der Waals surface area contributed by atoms with E-state index in [2.05, 4.69) is 4.98 Å². The van der Waals surface area contributed by atoms with Crippen LogP contribution in [0, 0.1) is 0 Å². The Labute approximate surface area is 106 Å². The van der Waals surface area contributed by atoms with Crippen LogP contribution < -0.4 is 10.5 Å². The fraction of sp³-hybridized carbons (Fsp3) is 0.214. The van der Waals surface area contributed by atoms with Gasteiger partial charge in [0.2, 0.25) is 0 Å². The van der Waals surface area contributed by atoms with Crippen LogP contribution in [0.5, 0.6) is 5.75 Å². The van der Waals surface area contributed by atoms with Crippen molar-refractivity contribution in [2.45, 2.75) is 13.0 Å². The molecule has 1 aromatic heterocycles. The average molecular weight is 244 g/mol. The molecule has 18 heavy (non-hydrogen) atoms. The summed E-state index contributed by atoms with van der Waals surface area (Å²) in [5.41, 5.74) is 7.69. The van der Waals surface area contributed by atoms with E-state index in [1.165, 1.54) is 0 Å². The van der Waals surface area contributed by atoms with Crippen molar-refractivity contribution in [1.82, 2.24) is 4.98 Å². The van der Waals surface area contributed by atoms with Crippen molar-refractivity contribution < 1.29 is 9.84 Å². The number of rotatable bonds is 4. The molecule has 0 aliphatic rings. The summed E-state index contributed by atoms with van der Waals surface area (Å²) in [6.45, 7) is 2.51. The Bertz CT molecular complexity index is 529. The molecule has 0 saturated heterocycles. The molecule has 2 rings (SSSR count). The number of hydrogen-bond donors (Lipinski definition) is 2. The summed E-state index contributed by atoms with van der Waals surface area (Å²) in [6.07, 6.45) is 2.38. The lowest BCUT2D eigenvalue weighted by Crippen LogP contribution is -2.04. The number of nitrogens with zero attached hydrogens (tertiary/aromatic N) is 1. The highest BCUT2D eigenvalue weighted by molar-refractivity contribution is 5.49. The first-order valence-corrected chi connectivity index (χ1v) is 5.82. The van der Waals surface area contributed by atoms with Gasteiger partial charge in [-0.15, -0.1) is 0 Å². The van der Waals surface area contributed by atoms with E-state index in [1.54, 1.807) is 24.5 Å². The van der Waals surface area contributed by atoms with Crippen LogP contribution in [-0.4, -0.2) is 16.7 Å². The number of pyridine rings is 1. The van der Waals surface area contributed by atoms with E-state index in [0.29, 0.717) is 17.9 Å².